The smallest absolute Gasteiger partial charge is 0.196 e. The molecule has 12 heavy (non-hydrogen) atoms. The Morgan fingerprint density at radius 2 is 2.25 bits per heavy atom. The monoisotopic (exact) mass is 177 g/mol. The quantitative estimate of drug-likeness (QED) is 0.655. The van der Waals surface area contributed by atoms with Gasteiger partial charge in [0.15, 0.2) is 4.77 Å². The first-order valence-corrected chi connectivity index (χ1v) is 3.95. The van der Waals surface area contributed by atoms with Gasteiger partial charge in [-0.1, -0.05) is 0 Å². The molecule has 60 valence electrons. The molecular weight excluding hydrogens is 170 g/mol. The van der Waals surface area contributed by atoms with Gasteiger partial charge in [0.25, 0.3) is 0 Å². The standard InChI is InChI=1S/C8H7N3S/c12-8-10-4-6(5-11-8)7-2-1-3-9-7/h1-5,9H,(H,10,11,12). The Bertz CT molecular complexity index is 396. The van der Waals surface area contributed by atoms with Crippen molar-refractivity contribution in [2.45, 2.75) is 0 Å². The summed E-state index contributed by atoms with van der Waals surface area (Å²) in [6.07, 6.45) is 5.45. The fourth-order valence-electron chi connectivity index (χ4n) is 0.999. The highest BCUT2D eigenvalue weighted by molar-refractivity contribution is 7.71. The predicted molar refractivity (Wildman–Crippen MR) is 49.2 cm³/mol. The molecular formula is C8H7N3S. The van der Waals surface area contributed by atoms with Crippen molar-refractivity contribution in [2.24, 2.45) is 0 Å². The lowest BCUT2D eigenvalue weighted by molar-refractivity contribution is 1.13. The first-order chi connectivity index (χ1) is 5.86. The minimum absolute atomic E-state index is 0.505. The van der Waals surface area contributed by atoms with Crippen LogP contribution in [0.2, 0.25) is 0 Å². The second kappa shape index (κ2) is 2.91. The van der Waals surface area contributed by atoms with Crippen LogP contribution in [-0.2, 0) is 0 Å². The molecule has 0 saturated heterocycles. The zero-order chi connectivity index (χ0) is 8.39. The van der Waals surface area contributed by atoms with Crippen molar-refractivity contribution in [3.63, 3.8) is 0 Å². The van der Waals surface area contributed by atoms with Gasteiger partial charge in [0.05, 0.1) is 0 Å². The third kappa shape index (κ3) is 1.29. The fraction of sp³-hybridized carbons (Fsp3) is 0. The van der Waals surface area contributed by atoms with Crippen LogP contribution >= 0.6 is 12.2 Å². The number of rotatable bonds is 1. The van der Waals surface area contributed by atoms with Crippen LogP contribution in [0.25, 0.3) is 11.3 Å². The minimum atomic E-state index is 0.505. The summed E-state index contributed by atoms with van der Waals surface area (Å²) < 4.78 is 0.505. The Kier molecular flexibility index (Phi) is 1.75. The molecule has 0 saturated carbocycles. The van der Waals surface area contributed by atoms with E-state index in [1.165, 1.54) is 0 Å². The summed E-state index contributed by atoms with van der Waals surface area (Å²) in [5.41, 5.74) is 2.04. The average Bonchev–Trinajstić information content (AvgIpc) is 2.58. The Hall–Kier alpha value is -1.42. The van der Waals surface area contributed by atoms with Gasteiger partial charge in [0.2, 0.25) is 0 Å². The molecule has 2 aromatic rings. The predicted octanol–water partition coefficient (Wildman–Crippen LogP) is 2.13. The van der Waals surface area contributed by atoms with Gasteiger partial charge in [-0.3, -0.25) is 0 Å². The van der Waals surface area contributed by atoms with Crippen LogP contribution in [0.5, 0.6) is 0 Å². The van der Waals surface area contributed by atoms with Crippen molar-refractivity contribution in [1.29, 1.82) is 0 Å². The molecule has 0 aromatic carbocycles. The van der Waals surface area contributed by atoms with E-state index in [0.717, 1.165) is 11.3 Å². The van der Waals surface area contributed by atoms with E-state index >= 15 is 0 Å². The molecule has 2 N–H and O–H groups in total. The van der Waals surface area contributed by atoms with Crippen LogP contribution in [0.1, 0.15) is 0 Å². The van der Waals surface area contributed by atoms with Gasteiger partial charge in [0.1, 0.15) is 0 Å². The van der Waals surface area contributed by atoms with Crippen LogP contribution in [-0.4, -0.2) is 15.0 Å². The highest BCUT2D eigenvalue weighted by atomic mass is 32.1. The highest BCUT2D eigenvalue weighted by Gasteiger charge is 1.95. The third-order valence-electron chi connectivity index (χ3n) is 1.58. The lowest BCUT2D eigenvalue weighted by atomic mass is 10.2. The summed E-state index contributed by atoms with van der Waals surface area (Å²) in [5, 5.41) is 0. The lowest BCUT2D eigenvalue weighted by Gasteiger charge is -1.94. The third-order valence-corrected chi connectivity index (χ3v) is 1.80. The zero-order valence-corrected chi connectivity index (χ0v) is 7.06. The van der Waals surface area contributed by atoms with E-state index in [9.17, 15) is 0 Å². The van der Waals surface area contributed by atoms with Crippen LogP contribution < -0.4 is 0 Å². The fourth-order valence-corrected chi connectivity index (χ4v) is 1.11. The van der Waals surface area contributed by atoms with Crippen molar-refractivity contribution < 1.29 is 0 Å². The number of nitrogens with one attached hydrogen (secondary N) is 2. The van der Waals surface area contributed by atoms with Gasteiger partial charge >= 0.3 is 0 Å². The van der Waals surface area contributed by atoms with Crippen LogP contribution in [0, 0.1) is 4.77 Å². The SMILES string of the molecule is S=c1ncc(-c2ccc[nH]2)c[nH]1. The summed E-state index contributed by atoms with van der Waals surface area (Å²) in [7, 11) is 0. The van der Waals surface area contributed by atoms with Gasteiger partial charge in [-0.2, -0.15) is 0 Å². The summed E-state index contributed by atoms with van der Waals surface area (Å²) >= 11 is 4.82. The van der Waals surface area contributed by atoms with Crippen LogP contribution in [0.15, 0.2) is 30.7 Å². The van der Waals surface area contributed by atoms with Crippen molar-refractivity contribution in [3.8, 4) is 11.3 Å². The van der Waals surface area contributed by atoms with E-state index in [0.29, 0.717) is 4.77 Å². The zero-order valence-electron chi connectivity index (χ0n) is 6.24. The van der Waals surface area contributed by atoms with E-state index < -0.39 is 0 Å². The average molecular weight is 177 g/mol. The van der Waals surface area contributed by atoms with Crippen molar-refractivity contribution in [1.82, 2.24) is 15.0 Å². The van der Waals surface area contributed by atoms with Crippen molar-refractivity contribution >= 4 is 12.2 Å². The van der Waals surface area contributed by atoms with E-state index in [1.807, 2.05) is 24.5 Å². The Morgan fingerprint density at radius 1 is 1.33 bits per heavy atom. The number of nitrogens with zero attached hydrogens (tertiary/aromatic N) is 1. The molecule has 2 aromatic heterocycles. The molecule has 3 nitrogen and oxygen atoms in total. The van der Waals surface area contributed by atoms with Gasteiger partial charge in [-0.25, -0.2) is 4.98 Å². The number of hydrogen-bond acceptors (Lipinski definition) is 2. The molecule has 0 unspecified atom stereocenters. The summed E-state index contributed by atoms with van der Waals surface area (Å²) in [5.74, 6) is 0. The largest absolute Gasteiger partial charge is 0.361 e. The van der Waals surface area contributed by atoms with E-state index in [2.05, 4.69) is 15.0 Å². The first-order valence-electron chi connectivity index (χ1n) is 3.55. The second-order valence-corrected chi connectivity index (χ2v) is 2.78. The maximum Gasteiger partial charge on any atom is 0.196 e. The minimum Gasteiger partial charge on any atom is -0.361 e. The highest BCUT2D eigenvalue weighted by Crippen LogP contribution is 2.12. The molecule has 4 heteroatoms. The number of aromatic amines is 2. The number of H-pyrrole nitrogens is 2. The molecule has 0 spiro atoms. The molecule has 0 radical (unpaired) electrons. The maximum absolute atomic E-state index is 4.82. The van der Waals surface area contributed by atoms with Gasteiger partial charge < -0.3 is 9.97 Å². The molecule has 0 aliphatic rings. The normalized spacial score (nSPS) is 10.0. The van der Waals surface area contributed by atoms with Gasteiger partial charge in [-0.05, 0) is 24.4 Å². The van der Waals surface area contributed by atoms with Crippen LogP contribution in [0.4, 0.5) is 0 Å². The molecule has 0 bridgehead atoms. The number of aromatic nitrogens is 3. The summed E-state index contributed by atoms with van der Waals surface area (Å²) in [6.45, 7) is 0. The molecule has 0 aliphatic carbocycles. The molecule has 2 heterocycles. The molecule has 0 aliphatic heterocycles. The van der Waals surface area contributed by atoms with Gasteiger partial charge in [0, 0.05) is 29.8 Å². The molecule has 0 fully saturated rings. The van der Waals surface area contributed by atoms with E-state index in [-0.39, 0.29) is 0 Å². The lowest BCUT2D eigenvalue weighted by Crippen LogP contribution is -1.83. The summed E-state index contributed by atoms with van der Waals surface area (Å²) in [4.78, 5) is 9.93. The number of hydrogen-bond donors (Lipinski definition) is 2. The molecule has 2 rings (SSSR count). The van der Waals surface area contributed by atoms with E-state index in [4.69, 9.17) is 12.2 Å². The van der Waals surface area contributed by atoms with Crippen molar-refractivity contribution in [3.05, 3.63) is 35.5 Å². The maximum atomic E-state index is 4.82. The van der Waals surface area contributed by atoms with Gasteiger partial charge in [-0.15, -0.1) is 0 Å². The Balaban J connectivity index is 2.49. The topological polar surface area (TPSA) is 44.5 Å². The molecule has 0 amide bonds. The molecule has 0 atom stereocenters. The van der Waals surface area contributed by atoms with E-state index in [1.54, 1.807) is 6.20 Å². The second-order valence-electron chi connectivity index (χ2n) is 2.39. The summed E-state index contributed by atoms with van der Waals surface area (Å²) in [6, 6.07) is 3.92. The van der Waals surface area contributed by atoms with Crippen LogP contribution in [0.3, 0.4) is 0 Å². The Morgan fingerprint density at radius 3 is 2.83 bits per heavy atom. The Labute approximate surface area is 74.5 Å². The first kappa shape index (κ1) is 7.24. The van der Waals surface area contributed by atoms with Crippen molar-refractivity contribution in [2.75, 3.05) is 0 Å².